The average molecular weight is 404 g/mol. The van der Waals surface area contributed by atoms with Gasteiger partial charge in [0, 0.05) is 5.69 Å². The third-order valence-electron chi connectivity index (χ3n) is 4.10. The van der Waals surface area contributed by atoms with Gasteiger partial charge in [0.1, 0.15) is 6.54 Å². The molecule has 0 saturated carbocycles. The van der Waals surface area contributed by atoms with Crippen molar-refractivity contribution in [3.8, 4) is 0 Å². The van der Waals surface area contributed by atoms with Crippen LogP contribution in [-0.2, 0) is 19.6 Å². The number of esters is 1. The Balaban J connectivity index is 2.19. The number of nitrogens with zero attached hydrogens (tertiary/aromatic N) is 1. The van der Waals surface area contributed by atoms with E-state index in [4.69, 9.17) is 0 Å². The van der Waals surface area contributed by atoms with Gasteiger partial charge < -0.3 is 10.1 Å². The van der Waals surface area contributed by atoms with Gasteiger partial charge in [-0.15, -0.1) is 0 Å². The number of methoxy groups -OCH3 is 1. The van der Waals surface area contributed by atoms with Crippen LogP contribution in [0.2, 0.25) is 0 Å². The Labute approximate surface area is 165 Å². The van der Waals surface area contributed by atoms with Crippen molar-refractivity contribution in [3.05, 3.63) is 59.7 Å². The Hall–Kier alpha value is -2.87. The number of anilines is 2. The van der Waals surface area contributed by atoms with Crippen molar-refractivity contribution in [2.45, 2.75) is 19.8 Å². The highest BCUT2D eigenvalue weighted by Crippen LogP contribution is 2.22. The van der Waals surface area contributed by atoms with Crippen LogP contribution < -0.4 is 9.62 Å². The van der Waals surface area contributed by atoms with E-state index in [1.165, 1.54) is 13.2 Å². The quantitative estimate of drug-likeness (QED) is 0.716. The summed E-state index contributed by atoms with van der Waals surface area (Å²) in [4.78, 5) is 24.0. The Kier molecular flexibility index (Phi) is 6.80. The number of hydrogen-bond acceptors (Lipinski definition) is 5. The lowest BCUT2D eigenvalue weighted by molar-refractivity contribution is -0.114. The number of sulfonamides is 1. The zero-order valence-corrected chi connectivity index (χ0v) is 17.1. The van der Waals surface area contributed by atoms with Gasteiger partial charge in [0.15, 0.2) is 0 Å². The van der Waals surface area contributed by atoms with Gasteiger partial charge in [0.2, 0.25) is 15.9 Å². The number of nitrogens with one attached hydrogen (secondary N) is 1. The predicted molar refractivity (Wildman–Crippen MR) is 109 cm³/mol. The van der Waals surface area contributed by atoms with Crippen LogP contribution in [0.5, 0.6) is 0 Å². The number of amides is 1. The molecule has 0 fully saturated rings. The summed E-state index contributed by atoms with van der Waals surface area (Å²) in [6, 6.07) is 13.3. The first kappa shape index (κ1) is 21.4. The summed E-state index contributed by atoms with van der Waals surface area (Å²) in [6.45, 7) is 3.70. The molecule has 2 aromatic rings. The highest BCUT2D eigenvalue weighted by Gasteiger charge is 2.21. The number of carbonyl (C=O) groups excluding carboxylic acids is 2. The van der Waals surface area contributed by atoms with Gasteiger partial charge in [-0.2, -0.15) is 0 Å². The third kappa shape index (κ3) is 5.56. The van der Waals surface area contributed by atoms with Crippen LogP contribution in [0.4, 0.5) is 11.4 Å². The van der Waals surface area contributed by atoms with Crippen molar-refractivity contribution < 1.29 is 22.7 Å². The molecule has 0 saturated heterocycles. The van der Waals surface area contributed by atoms with Gasteiger partial charge in [-0.1, -0.05) is 32.0 Å². The molecule has 0 atom stereocenters. The van der Waals surface area contributed by atoms with Gasteiger partial charge >= 0.3 is 5.97 Å². The second-order valence-electron chi connectivity index (χ2n) is 6.64. The number of benzene rings is 2. The molecule has 0 radical (unpaired) electrons. The first-order valence-electron chi connectivity index (χ1n) is 8.67. The Morgan fingerprint density at radius 2 is 1.75 bits per heavy atom. The number of ether oxygens (including phenoxy) is 1. The molecule has 1 N–H and O–H groups in total. The van der Waals surface area contributed by atoms with Crippen molar-refractivity contribution in [1.82, 2.24) is 0 Å². The van der Waals surface area contributed by atoms with E-state index in [1.807, 2.05) is 26.0 Å². The Morgan fingerprint density at radius 1 is 1.11 bits per heavy atom. The van der Waals surface area contributed by atoms with Gasteiger partial charge in [0.05, 0.1) is 24.6 Å². The zero-order valence-electron chi connectivity index (χ0n) is 16.3. The summed E-state index contributed by atoms with van der Waals surface area (Å²) in [5, 5.41) is 2.61. The minimum absolute atomic E-state index is 0.282. The van der Waals surface area contributed by atoms with E-state index < -0.39 is 21.9 Å². The second-order valence-corrected chi connectivity index (χ2v) is 8.54. The molecule has 7 nitrogen and oxygen atoms in total. The third-order valence-corrected chi connectivity index (χ3v) is 5.24. The highest BCUT2D eigenvalue weighted by molar-refractivity contribution is 7.92. The van der Waals surface area contributed by atoms with Crippen LogP contribution in [0.3, 0.4) is 0 Å². The van der Waals surface area contributed by atoms with E-state index in [2.05, 4.69) is 10.1 Å². The topological polar surface area (TPSA) is 92.8 Å². The van der Waals surface area contributed by atoms with Gasteiger partial charge in [-0.3, -0.25) is 9.10 Å². The minimum atomic E-state index is -3.67. The maximum absolute atomic E-state index is 12.4. The standard InChI is InChI=1S/C20H24N2O5S/c1-14(2)15-8-10-18(11-9-15)22(28(4,25)26)13-19(23)21-17-7-5-6-16(12-17)20(24)27-3/h5-12,14H,13H2,1-4H3,(H,21,23). The smallest absolute Gasteiger partial charge is 0.337 e. The first-order valence-corrected chi connectivity index (χ1v) is 10.5. The molecule has 2 rings (SSSR count). The van der Waals surface area contributed by atoms with E-state index in [-0.39, 0.29) is 12.1 Å². The molecule has 0 spiro atoms. The molecule has 0 bridgehead atoms. The fourth-order valence-electron chi connectivity index (χ4n) is 2.60. The number of carbonyl (C=O) groups is 2. The summed E-state index contributed by atoms with van der Waals surface area (Å²) >= 11 is 0. The normalized spacial score (nSPS) is 11.2. The lowest BCUT2D eigenvalue weighted by Crippen LogP contribution is -2.37. The fraction of sp³-hybridized carbons (Fsp3) is 0.300. The van der Waals surface area contributed by atoms with Crippen LogP contribution >= 0.6 is 0 Å². The van der Waals surface area contributed by atoms with Gasteiger partial charge in [0.25, 0.3) is 0 Å². The lowest BCUT2D eigenvalue weighted by atomic mass is 10.0. The van der Waals surface area contributed by atoms with Crippen LogP contribution in [0, 0.1) is 0 Å². The molecule has 8 heteroatoms. The summed E-state index contributed by atoms with van der Waals surface area (Å²) in [5.41, 5.74) is 2.13. The van der Waals surface area contributed by atoms with Crippen molar-refractivity contribution in [1.29, 1.82) is 0 Å². The molecular formula is C20H24N2O5S. The Morgan fingerprint density at radius 3 is 2.29 bits per heavy atom. The average Bonchev–Trinajstić information content (AvgIpc) is 2.65. The first-order chi connectivity index (χ1) is 13.1. The van der Waals surface area contributed by atoms with Gasteiger partial charge in [-0.25, -0.2) is 13.2 Å². The summed E-state index contributed by atoms with van der Waals surface area (Å²) < 4.78 is 30.1. The maximum Gasteiger partial charge on any atom is 0.337 e. The molecule has 0 unspecified atom stereocenters. The predicted octanol–water partition coefficient (Wildman–Crippen LogP) is 3.00. The molecule has 1 amide bonds. The lowest BCUT2D eigenvalue weighted by Gasteiger charge is -2.22. The van der Waals surface area contributed by atoms with E-state index in [1.54, 1.807) is 30.3 Å². The minimum Gasteiger partial charge on any atom is -0.465 e. The second kappa shape index (κ2) is 8.88. The van der Waals surface area contributed by atoms with Crippen molar-refractivity contribution >= 4 is 33.3 Å². The number of rotatable bonds is 7. The van der Waals surface area contributed by atoms with Crippen molar-refractivity contribution in [3.63, 3.8) is 0 Å². The molecule has 0 aliphatic heterocycles. The largest absolute Gasteiger partial charge is 0.465 e. The molecule has 0 aliphatic rings. The van der Waals surface area contributed by atoms with E-state index in [9.17, 15) is 18.0 Å². The summed E-state index contributed by atoms with van der Waals surface area (Å²) in [5.74, 6) is -0.745. The maximum atomic E-state index is 12.4. The molecular weight excluding hydrogens is 380 g/mol. The summed E-state index contributed by atoms with van der Waals surface area (Å²) in [7, 11) is -2.40. The van der Waals surface area contributed by atoms with Crippen molar-refractivity contribution in [2.75, 3.05) is 29.5 Å². The van der Waals surface area contributed by atoms with Crippen LogP contribution in [-0.4, -0.2) is 40.2 Å². The zero-order chi connectivity index (χ0) is 20.9. The number of hydrogen-bond donors (Lipinski definition) is 1. The van der Waals surface area contributed by atoms with E-state index in [0.29, 0.717) is 17.3 Å². The molecule has 150 valence electrons. The molecule has 0 aliphatic carbocycles. The highest BCUT2D eigenvalue weighted by atomic mass is 32.2. The van der Waals surface area contributed by atoms with Crippen molar-refractivity contribution in [2.24, 2.45) is 0 Å². The monoisotopic (exact) mass is 404 g/mol. The molecule has 2 aromatic carbocycles. The van der Waals surface area contributed by atoms with Crippen LogP contribution in [0.1, 0.15) is 35.7 Å². The van der Waals surface area contributed by atoms with Crippen LogP contribution in [0.25, 0.3) is 0 Å². The summed E-state index contributed by atoms with van der Waals surface area (Å²) in [6.07, 6.45) is 1.05. The molecule has 0 aromatic heterocycles. The van der Waals surface area contributed by atoms with Gasteiger partial charge in [-0.05, 0) is 41.8 Å². The van der Waals surface area contributed by atoms with Crippen LogP contribution in [0.15, 0.2) is 48.5 Å². The Bertz CT molecular complexity index is 953. The SMILES string of the molecule is COC(=O)c1cccc(NC(=O)CN(c2ccc(C(C)C)cc2)S(C)(=O)=O)c1. The molecule has 0 heterocycles. The molecule has 28 heavy (non-hydrogen) atoms. The fourth-order valence-corrected chi connectivity index (χ4v) is 3.45. The van der Waals surface area contributed by atoms with E-state index >= 15 is 0 Å². The van der Waals surface area contributed by atoms with E-state index in [0.717, 1.165) is 16.1 Å².